The summed E-state index contributed by atoms with van der Waals surface area (Å²) in [5.74, 6) is 0.890. The quantitative estimate of drug-likeness (QED) is 0.900. The summed E-state index contributed by atoms with van der Waals surface area (Å²) < 4.78 is 0. The van der Waals surface area contributed by atoms with Crippen molar-refractivity contribution in [3.8, 4) is 0 Å². The molecule has 0 aliphatic carbocycles. The van der Waals surface area contributed by atoms with Gasteiger partial charge in [0.2, 0.25) is 0 Å². The van der Waals surface area contributed by atoms with Gasteiger partial charge in [0.05, 0.1) is 6.54 Å². The first-order valence-electron chi connectivity index (χ1n) is 6.41. The second-order valence-corrected chi connectivity index (χ2v) is 6.91. The van der Waals surface area contributed by atoms with E-state index in [1.807, 2.05) is 20.0 Å². The Labute approximate surface area is 108 Å². The van der Waals surface area contributed by atoms with Gasteiger partial charge in [0, 0.05) is 16.6 Å². The molecule has 2 heterocycles. The molecule has 0 spiro atoms. The summed E-state index contributed by atoms with van der Waals surface area (Å²) >= 11 is 1.76. The molecule has 4 heteroatoms. The zero-order valence-electron chi connectivity index (χ0n) is 11.1. The average Bonchev–Trinajstić information content (AvgIpc) is 2.69. The van der Waals surface area contributed by atoms with Gasteiger partial charge in [0.15, 0.2) is 0 Å². The molecule has 0 radical (unpaired) electrons. The molecule has 3 nitrogen and oxygen atoms in total. The number of aromatic nitrogens is 1. The highest BCUT2D eigenvalue weighted by atomic mass is 32.1. The van der Waals surface area contributed by atoms with Crippen LogP contribution in [0.3, 0.4) is 0 Å². The number of hydrogen-bond donors (Lipinski definition) is 1. The van der Waals surface area contributed by atoms with E-state index in [0.717, 1.165) is 12.5 Å². The Bertz CT molecular complexity index is 359. The summed E-state index contributed by atoms with van der Waals surface area (Å²) in [6.07, 6.45) is 4.58. The van der Waals surface area contributed by atoms with Gasteiger partial charge in [-0.1, -0.05) is 6.92 Å². The average molecular weight is 253 g/mol. The molecule has 1 saturated heterocycles. The Morgan fingerprint density at radius 2 is 2.12 bits per heavy atom. The van der Waals surface area contributed by atoms with E-state index in [1.165, 1.54) is 35.8 Å². The lowest BCUT2D eigenvalue weighted by atomic mass is 9.99. The minimum Gasteiger partial charge on any atom is -0.321 e. The van der Waals surface area contributed by atoms with Crippen LogP contribution in [0.2, 0.25) is 0 Å². The number of rotatable bonds is 3. The van der Waals surface area contributed by atoms with Crippen LogP contribution in [0.15, 0.2) is 6.20 Å². The molecular formula is C13H23N3S. The van der Waals surface area contributed by atoms with Crippen molar-refractivity contribution in [3.05, 3.63) is 16.1 Å². The van der Waals surface area contributed by atoms with Crippen LogP contribution in [0.5, 0.6) is 0 Å². The minimum absolute atomic E-state index is 0.258. The Morgan fingerprint density at radius 1 is 1.47 bits per heavy atom. The molecule has 0 bridgehead atoms. The van der Waals surface area contributed by atoms with E-state index in [-0.39, 0.29) is 5.54 Å². The summed E-state index contributed by atoms with van der Waals surface area (Å²) in [6.45, 7) is 9.83. The molecule has 0 unspecified atom stereocenters. The molecule has 1 aromatic rings. The van der Waals surface area contributed by atoms with E-state index < -0.39 is 0 Å². The molecule has 0 aromatic carbocycles. The lowest BCUT2D eigenvalue weighted by Crippen LogP contribution is -2.32. The lowest BCUT2D eigenvalue weighted by Gasteiger charge is -2.29. The number of piperidine rings is 1. The first-order valence-corrected chi connectivity index (χ1v) is 7.23. The van der Waals surface area contributed by atoms with Gasteiger partial charge in [-0.05, 0) is 45.7 Å². The monoisotopic (exact) mass is 253 g/mol. The van der Waals surface area contributed by atoms with Gasteiger partial charge in [-0.3, -0.25) is 4.90 Å². The van der Waals surface area contributed by atoms with Crippen LogP contribution < -0.4 is 5.73 Å². The van der Waals surface area contributed by atoms with E-state index in [0.29, 0.717) is 0 Å². The summed E-state index contributed by atoms with van der Waals surface area (Å²) in [6, 6.07) is 0. The number of nitrogens with zero attached hydrogens (tertiary/aromatic N) is 2. The molecule has 0 saturated carbocycles. The van der Waals surface area contributed by atoms with Crippen LogP contribution >= 0.6 is 11.3 Å². The topological polar surface area (TPSA) is 42.2 Å². The number of thiazole rings is 1. The molecule has 0 amide bonds. The molecule has 2 N–H and O–H groups in total. The molecule has 1 aromatic heterocycles. The molecule has 1 fully saturated rings. The van der Waals surface area contributed by atoms with Gasteiger partial charge in [0.1, 0.15) is 5.01 Å². The molecule has 2 rings (SSSR count). The van der Waals surface area contributed by atoms with Crippen molar-refractivity contribution in [2.24, 2.45) is 11.7 Å². The molecule has 17 heavy (non-hydrogen) atoms. The van der Waals surface area contributed by atoms with E-state index in [1.54, 1.807) is 11.3 Å². The Hall–Kier alpha value is -0.450. The first-order chi connectivity index (χ1) is 7.95. The number of nitrogens with two attached hydrogens (primary N) is 1. The summed E-state index contributed by atoms with van der Waals surface area (Å²) in [5.41, 5.74) is 5.82. The van der Waals surface area contributed by atoms with Crippen LogP contribution in [0.4, 0.5) is 0 Å². The second-order valence-electron chi connectivity index (χ2n) is 5.80. The van der Waals surface area contributed by atoms with Gasteiger partial charge in [-0.15, -0.1) is 11.3 Å². The molecular weight excluding hydrogens is 230 g/mol. The summed E-state index contributed by atoms with van der Waals surface area (Å²) in [4.78, 5) is 8.18. The fraction of sp³-hybridized carbons (Fsp3) is 0.769. The lowest BCUT2D eigenvalue weighted by molar-refractivity contribution is 0.185. The fourth-order valence-corrected chi connectivity index (χ4v) is 3.07. The smallest absolute Gasteiger partial charge is 0.107 e. The maximum Gasteiger partial charge on any atom is 0.107 e. The van der Waals surface area contributed by atoms with Gasteiger partial charge in [0.25, 0.3) is 0 Å². The van der Waals surface area contributed by atoms with Gasteiger partial charge >= 0.3 is 0 Å². The highest BCUT2D eigenvalue weighted by Crippen LogP contribution is 2.25. The third-order valence-corrected chi connectivity index (χ3v) is 4.75. The van der Waals surface area contributed by atoms with Crippen LogP contribution in [-0.4, -0.2) is 23.0 Å². The predicted octanol–water partition coefficient (Wildman–Crippen LogP) is 2.57. The van der Waals surface area contributed by atoms with Crippen molar-refractivity contribution in [1.29, 1.82) is 0 Å². The van der Waals surface area contributed by atoms with Gasteiger partial charge < -0.3 is 5.73 Å². The van der Waals surface area contributed by atoms with Gasteiger partial charge in [-0.25, -0.2) is 4.98 Å². The zero-order valence-corrected chi connectivity index (χ0v) is 11.9. The Balaban J connectivity index is 1.93. The maximum atomic E-state index is 6.08. The maximum absolute atomic E-state index is 6.08. The van der Waals surface area contributed by atoms with Crippen molar-refractivity contribution < 1.29 is 0 Å². The second kappa shape index (κ2) is 5.04. The summed E-state index contributed by atoms with van der Waals surface area (Å²) in [7, 11) is 0. The number of hydrogen-bond acceptors (Lipinski definition) is 4. The minimum atomic E-state index is -0.258. The van der Waals surface area contributed by atoms with Crippen LogP contribution in [0, 0.1) is 5.92 Å². The Morgan fingerprint density at radius 3 is 2.65 bits per heavy atom. The van der Waals surface area contributed by atoms with Crippen LogP contribution in [0.1, 0.15) is 43.5 Å². The van der Waals surface area contributed by atoms with Crippen molar-refractivity contribution in [2.75, 3.05) is 13.1 Å². The van der Waals surface area contributed by atoms with Crippen LogP contribution in [-0.2, 0) is 12.1 Å². The van der Waals surface area contributed by atoms with Crippen molar-refractivity contribution >= 4 is 11.3 Å². The van der Waals surface area contributed by atoms with Crippen LogP contribution in [0.25, 0.3) is 0 Å². The summed E-state index contributed by atoms with van der Waals surface area (Å²) in [5, 5.41) is 1.20. The number of likely N-dealkylation sites (tertiary alicyclic amines) is 1. The zero-order chi connectivity index (χ0) is 12.5. The highest BCUT2D eigenvalue weighted by Gasteiger charge is 2.20. The molecule has 1 aliphatic rings. The van der Waals surface area contributed by atoms with E-state index in [4.69, 9.17) is 5.73 Å². The Kier molecular flexibility index (Phi) is 3.85. The third-order valence-electron chi connectivity index (χ3n) is 3.42. The van der Waals surface area contributed by atoms with Crippen molar-refractivity contribution in [2.45, 2.75) is 45.7 Å². The molecule has 1 aliphatic heterocycles. The molecule has 0 atom stereocenters. The normalized spacial score (nSPS) is 19.8. The van der Waals surface area contributed by atoms with E-state index in [2.05, 4.69) is 16.8 Å². The predicted molar refractivity (Wildman–Crippen MR) is 73.0 cm³/mol. The van der Waals surface area contributed by atoms with Crippen molar-refractivity contribution in [3.63, 3.8) is 0 Å². The standard InChI is InChI=1S/C13H23N3S/c1-10-4-6-16(7-5-10)9-12-15-8-11(17-12)13(2,3)14/h8,10H,4-7,9,14H2,1-3H3. The molecule has 96 valence electrons. The van der Waals surface area contributed by atoms with E-state index >= 15 is 0 Å². The largest absolute Gasteiger partial charge is 0.321 e. The highest BCUT2D eigenvalue weighted by molar-refractivity contribution is 7.11. The fourth-order valence-electron chi connectivity index (χ4n) is 2.09. The van der Waals surface area contributed by atoms with Crippen molar-refractivity contribution in [1.82, 2.24) is 9.88 Å². The SMILES string of the molecule is CC1CCN(Cc2ncc(C(C)(C)N)s2)CC1. The van der Waals surface area contributed by atoms with E-state index in [9.17, 15) is 0 Å². The van der Waals surface area contributed by atoms with Gasteiger partial charge in [-0.2, -0.15) is 0 Å². The third kappa shape index (κ3) is 3.50. The first kappa shape index (κ1) is 13.0.